The van der Waals surface area contributed by atoms with Crippen LogP contribution >= 0.6 is 27.3 Å². The number of esters is 1. The van der Waals surface area contributed by atoms with Crippen LogP contribution in [-0.4, -0.2) is 25.7 Å². The number of halogens is 1. The van der Waals surface area contributed by atoms with Crippen LogP contribution in [0.1, 0.15) is 16.1 Å². The Morgan fingerprint density at radius 3 is 2.94 bits per heavy atom. The summed E-state index contributed by atoms with van der Waals surface area (Å²) in [6.07, 6.45) is 0.227. The van der Waals surface area contributed by atoms with Gasteiger partial charge in [-0.1, -0.05) is 0 Å². The Bertz CT molecular complexity index is 495. The first-order valence-electron chi connectivity index (χ1n) is 4.88. The standard InChI is InChI=1S/C10H10BrN3O3S/c1-17-9(15)8-6(5-7(11)18-8)14-10(16)13-4-2-3-12/h5H,2,4H2,1H3,(H2,13,14,16). The van der Waals surface area contributed by atoms with Crippen molar-refractivity contribution in [2.75, 3.05) is 19.0 Å². The molecule has 0 bridgehead atoms. The molecule has 0 aliphatic heterocycles. The second kappa shape index (κ2) is 6.98. The predicted molar refractivity (Wildman–Crippen MR) is 70.6 cm³/mol. The van der Waals surface area contributed by atoms with Crippen molar-refractivity contribution in [3.8, 4) is 6.07 Å². The normalized spacial score (nSPS) is 9.39. The molecule has 1 heterocycles. The van der Waals surface area contributed by atoms with Crippen LogP contribution in [0.15, 0.2) is 9.85 Å². The maximum Gasteiger partial charge on any atom is 0.350 e. The van der Waals surface area contributed by atoms with Crippen LogP contribution in [0.4, 0.5) is 10.5 Å². The minimum atomic E-state index is -0.516. The molecule has 1 rings (SSSR count). The molecule has 0 atom stereocenters. The van der Waals surface area contributed by atoms with Gasteiger partial charge in [-0.2, -0.15) is 5.26 Å². The minimum Gasteiger partial charge on any atom is -0.465 e. The third kappa shape index (κ3) is 4.01. The smallest absolute Gasteiger partial charge is 0.350 e. The number of hydrogen-bond donors (Lipinski definition) is 2. The molecular formula is C10H10BrN3O3S. The number of thiophene rings is 1. The maximum absolute atomic E-state index is 11.5. The SMILES string of the molecule is COC(=O)c1sc(Br)cc1NC(=O)NCCC#N. The van der Waals surface area contributed by atoms with Gasteiger partial charge >= 0.3 is 12.0 Å². The lowest BCUT2D eigenvalue weighted by molar-refractivity contribution is 0.0607. The number of amides is 2. The number of rotatable bonds is 4. The Morgan fingerprint density at radius 2 is 2.33 bits per heavy atom. The Balaban J connectivity index is 2.69. The molecule has 1 aromatic rings. The summed E-state index contributed by atoms with van der Waals surface area (Å²) >= 11 is 4.39. The van der Waals surface area contributed by atoms with Crippen molar-refractivity contribution >= 4 is 45.0 Å². The van der Waals surface area contributed by atoms with Crippen LogP contribution < -0.4 is 10.6 Å². The molecule has 96 valence electrons. The number of ether oxygens (including phenoxy) is 1. The van der Waals surface area contributed by atoms with Gasteiger partial charge < -0.3 is 15.4 Å². The summed E-state index contributed by atoms with van der Waals surface area (Å²) in [6.45, 7) is 0.251. The molecule has 0 fully saturated rings. The fraction of sp³-hybridized carbons (Fsp3) is 0.300. The number of nitrogens with one attached hydrogen (secondary N) is 2. The number of carbonyl (C=O) groups is 2. The summed E-state index contributed by atoms with van der Waals surface area (Å²) in [5.41, 5.74) is 0.369. The van der Waals surface area contributed by atoms with E-state index in [-0.39, 0.29) is 13.0 Å². The molecule has 8 heteroatoms. The zero-order chi connectivity index (χ0) is 13.5. The average Bonchev–Trinajstić information content (AvgIpc) is 2.69. The molecule has 0 aliphatic carbocycles. The van der Waals surface area contributed by atoms with Crippen molar-refractivity contribution < 1.29 is 14.3 Å². The minimum absolute atomic E-state index is 0.227. The van der Waals surface area contributed by atoms with Crippen LogP contribution in [0.2, 0.25) is 0 Å². The first-order chi connectivity index (χ1) is 8.58. The Kier molecular flexibility index (Phi) is 5.61. The van der Waals surface area contributed by atoms with Crippen molar-refractivity contribution in [3.63, 3.8) is 0 Å². The van der Waals surface area contributed by atoms with Crippen LogP contribution in [0.25, 0.3) is 0 Å². The lowest BCUT2D eigenvalue weighted by Gasteiger charge is -2.05. The van der Waals surface area contributed by atoms with Gasteiger partial charge in [-0.25, -0.2) is 9.59 Å². The third-order valence-electron chi connectivity index (χ3n) is 1.84. The average molecular weight is 332 g/mol. The van der Waals surface area contributed by atoms with Crippen LogP contribution in [0.5, 0.6) is 0 Å². The Labute approximate surface area is 116 Å². The zero-order valence-corrected chi connectivity index (χ0v) is 11.9. The molecular weight excluding hydrogens is 322 g/mol. The van der Waals surface area contributed by atoms with E-state index in [1.54, 1.807) is 6.07 Å². The monoisotopic (exact) mass is 331 g/mol. The van der Waals surface area contributed by atoms with Gasteiger partial charge in [0.1, 0.15) is 4.88 Å². The summed E-state index contributed by atoms with van der Waals surface area (Å²) in [5.74, 6) is -0.516. The molecule has 0 radical (unpaired) electrons. The summed E-state index contributed by atoms with van der Waals surface area (Å²) in [5, 5.41) is 13.3. The topological polar surface area (TPSA) is 91.2 Å². The van der Waals surface area contributed by atoms with Crippen molar-refractivity contribution in [1.29, 1.82) is 5.26 Å². The van der Waals surface area contributed by atoms with Crippen molar-refractivity contribution in [2.24, 2.45) is 0 Å². The summed E-state index contributed by atoms with van der Waals surface area (Å²) in [6, 6.07) is 3.05. The second-order valence-electron chi connectivity index (χ2n) is 3.07. The molecule has 1 aromatic heterocycles. The second-order valence-corrected chi connectivity index (χ2v) is 5.51. The number of anilines is 1. The molecule has 0 aliphatic rings. The van der Waals surface area contributed by atoms with Crippen molar-refractivity contribution in [2.45, 2.75) is 6.42 Å². The Morgan fingerprint density at radius 1 is 1.61 bits per heavy atom. The van der Waals surface area contributed by atoms with Crippen LogP contribution in [-0.2, 0) is 4.74 Å². The third-order valence-corrected chi connectivity index (χ3v) is 3.46. The molecule has 2 amide bonds. The molecule has 0 saturated heterocycles. The first-order valence-corrected chi connectivity index (χ1v) is 6.49. The molecule has 6 nitrogen and oxygen atoms in total. The van der Waals surface area contributed by atoms with E-state index in [4.69, 9.17) is 5.26 Å². The number of urea groups is 1. The Hall–Kier alpha value is -1.59. The van der Waals surface area contributed by atoms with E-state index >= 15 is 0 Å². The van der Waals surface area contributed by atoms with E-state index in [1.165, 1.54) is 7.11 Å². The van der Waals surface area contributed by atoms with E-state index in [9.17, 15) is 9.59 Å². The molecule has 0 spiro atoms. The number of methoxy groups -OCH3 is 1. The van der Waals surface area contributed by atoms with Gasteiger partial charge in [0.25, 0.3) is 0 Å². The van der Waals surface area contributed by atoms with Crippen LogP contribution in [0.3, 0.4) is 0 Å². The zero-order valence-electron chi connectivity index (χ0n) is 9.45. The van der Waals surface area contributed by atoms with E-state index in [1.807, 2.05) is 6.07 Å². The first kappa shape index (κ1) is 14.5. The lowest BCUT2D eigenvalue weighted by Crippen LogP contribution is -2.29. The van der Waals surface area contributed by atoms with E-state index < -0.39 is 12.0 Å². The fourth-order valence-corrected chi connectivity index (χ4v) is 2.57. The number of carbonyl (C=O) groups excluding carboxylic acids is 2. The lowest BCUT2D eigenvalue weighted by atomic mass is 10.4. The van der Waals surface area contributed by atoms with Gasteiger partial charge in [0.15, 0.2) is 0 Å². The quantitative estimate of drug-likeness (QED) is 0.654. The largest absolute Gasteiger partial charge is 0.465 e. The number of nitrogens with zero attached hydrogens (tertiary/aromatic N) is 1. The van der Waals surface area contributed by atoms with Gasteiger partial charge in [0.2, 0.25) is 0 Å². The van der Waals surface area contributed by atoms with Gasteiger partial charge in [0.05, 0.1) is 29.1 Å². The summed E-state index contributed by atoms with van der Waals surface area (Å²) < 4.78 is 5.31. The van der Waals surface area contributed by atoms with Gasteiger partial charge in [-0.05, 0) is 22.0 Å². The molecule has 2 N–H and O–H groups in total. The maximum atomic E-state index is 11.5. The highest BCUT2D eigenvalue weighted by molar-refractivity contribution is 9.11. The molecule has 18 heavy (non-hydrogen) atoms. The van der Waals surface area contributed by atoms with Crippen molar-refractivity contribution in [3.05, 3.63) is 14.7 Å². The van der Waals surface area contributed by atoms with Gasteiger partial charge in [0, 0.05) is 6.54 Å². The van der Waals surface area contributed by atoms with E-state index in [0.29, 0.717) is 14.4 Å². The van der Waals surface area contributed by atoms with E-state index in [2.05, 4.69) is 31.3 Å². The van der Waals surface area contributed by atoms with Gasteiger partial charge in [-0.3, -0.25) is 0 Å². The highest BCUT2D eigenvalue weighted by Gasteiger charge is 2.17. The van der Waals surface area contributed by atoms with Crippen LogP contribution in [0, 0.1) is 11.3 Å². The molecule has 0 unspecified atom stereocenters. The molecule has 0 saturated carbocycles. The summed E-state index contributed by atoms with van der Waals surface area (Å²) in [4.78, 5) is 23.2. The highest BCUT2D eigenvalue weighted by atomic mass is 79.9. The highest BCUT2D eigenvalue weighted by Crippen LogP contribution is 2.31. The number of hydrogen-bond acceptors (Lipinski definition) is 5. The predicted octanol–water partition coefficient (Wildman–Crippen LogP) is 2.33. The molecule has 0 aromatic carbocycles. The van der Waals surface area contributed by atoms with Gasteiger partial charge in [-0.15, -0.1) is 11.3 Å². The summed E-state index contributed by atoms with van der Waals surface area (Å²) in [7, 11) is 1.27. The van der Waals surface area contributed by atoms with E-state index in [0.717, 1.165) is 11.3 Å². The fourth-order valence-electron chi connectivity index (χ4n) is 1.10. The van der Waals surface area contributed by atoms with Crippen molar-refractivity contribution in [1.82, 2.24) is 5.32 Å². The number of nitriles is 1.